The number of aromatic nitrogens is 2. The zero-order valence-electron chi connectivity index (χ0n) is 14.5. The van der Waals surface area contributed by atoms with E-state index in [4.69, 9.17) is 4.42 Å². The molecule has 0 saturated carbocycles. The van der Waals surface area contributed by atoms with E-state index in [2.05, 4.69) is 70.9 Å². The SMILES string of the molecule is [c]1ccccc1-c1nnc(-c2ccc(-c3ccc4ccccc4c3)cc2)o1. The Bertz CT molecular complexity index is 1210. The number of fused-ring (bicyclic) bond motifs is 1. The third-order valence-corrected chi connectivity index (χ3v) is 4.58. The first-order chi connectivity index (χ1) is 13.4. The fraction of sp³-hybridized carbons (Fsp3) is 0. The molecule has 0 aliphatic carbocycles. The summed E-state index contributed by atoms with van der Waals surface area (Å²) >= 11 is 0. The Morgan fingerprint density at radius 3 is 2.11 bits per heavy atom. The second-order valence-corrected chi connectivity index (χ2v) is 6.33. The van der Waals surface area contributed by atoms with Crippen LogP contribution in [0.2, 0.25) is 0 Å². The van der Waals surface area contributed by atoms with Gasteiger partial charge in [0.15, 0.2) is 0 Å². The molecule has 3 heteroatoms. The molecule has 0 unspecified atom stereocenters. The molecule has 0 aliphatic rings. The van der Waals surface area contributed by atoms with Crippen LogP contribution in [0.3, 0.4) is 0 Å². The van der Waals surface area contributed by atoms with Gasteiger partial charge in [-0.25, -0.2) is 0 Å². The zero-order chi connectivity index (χ0) is 18.1. The van der Waals surface area contributed by atoms with Crippen molar-refractivity contribution in [1.29, 1.82) is 0 Å². The van der Waals surface area contributed by atoms with Crippen LogP contribution in [0.25, 0.3) is 44.8 Å². The highest BCUT2D eigenvalue weighted by Gasteiger charge is 2.10. The predicted molar refractivity (Wildman–Crippen MR) is 107 cm³/mol. The van der Waals surface area contributed by atoms with Crippen molar-refractivity contribution in [2.24, 2.45) is 0 Å². The van der Waals surface area contributed by atoms with Crippen molar-refractivity contribution in [1.82, 2.24) is 10.2 Å². The molecular weight excluding hydrogens is 332 g/mol. The molecule has 5 rings (SSSR count). The van der Waals surface area contributed by atoms with E-state index in [1.54, 1.807) is 0 Å². The van der Waals surface area contributed by atoms with Crippen LogP contribution in [0, 0.1) is 6.07 Å². The van der Waals surface area contributed by atoms with Crippen LogP contribution in [0.1, 0.15) is 0 Å². The van der Waals surface area contributed by atoms with Gasteiger partial charge in [-0.05, 0) is 52.2 Å². The molecule has 1 radical (unpaired) electrons. The number of hydrogen-bond donors (Lipinski definition) is 0. The highest BCUT2D eigenvalue weighted by Crippen LogP contribution is 2.28. The van der Waals surface area contributed by atoms with Gasteiger partial charge in [-0.15, -0.1) is 10.2 Å². The quantitative estimate of drug-likeness (QED) is 0.400. The Labute approximate surface area is 156 Å². The van der Waals surface area contributed by atoms with Crippen molar-refractivity contribution < 1.29 is 4.42 Å². The lowest BCUT2D eigenvalue weighted by molar-refractivity contribution is 0.584. The maximum Gasteiger partial charge on any atom is 0.248 e. The monoisotopic (exact) mass is 347 g/mol. The summed E-state index contributed by atoms with van der Waals surface area (Å²) in [6.45, 7) is 0. The summed E-state index contributed by atoms with van der Waals surface area (Å²) < 4.78 is 5.81. The first-order valence-electron chi connectivity index (χ1n) is 8.77. The van der Waals surface area contributed by atoms with Crippen molar-refractivity contribution in [3.63, 3.8) is 0 Å². The second kappa shape index (κ2) is 6.54. The average Bonchev–Trinajstić information content (AvgIpc) is 3.24. The van der Waals surface area contributed by atoms with Crippen molar-refractivity contribution in [3.05, 3.63) is 97.1 Å². The number of hydrogen-bond acceptors (Lipinski definition) is 3. The first kappa shape index (κ1) is 15.5. The summed E-state index contributed by atoms with van der Waals surface area (Å²) in [6.07, 6.45) is 0. The van der Waals surface area contributed by atoms with Crippen LogP contribution in [0.15, 0.2) is 95.4 Å². The van der Waals surface area contributed by atoms with Gasteiger partial charge in [0.2, 0.25) is 11.8 Å². The molecule has 0 aliphatic heterocycles. The molecule has 1 heterocycles. The molecular formula is C24H15N2O. The number of nitrogens with zero attached hydrogens (tertiary/aromatic N) is 2. The smallest absolute Gasteiger partial charge is 0.248 e. The van der Waals surface area contributed by atoms with Crippen LogP contribution in [0.5, 0.6) is 0 Å². The van der Waals surface area contributed by atoms with Crippen molar-refractivity contribution in [2.75, 3.05) is 0 Å². The van der Waals surface area contributed by atoms with E-state index in [0.717, 1.165) is 16.7 Å². The Morgan fingerprint density at radius 2 is 1.30 bits per heavy atom. The second-order valence-electron chi connectivity index (χ2n) is 6.33. The van der Waals surface area contributed by atoms with Gasteiger partial charge in [-0.2, -0.15) is 0 Å². The Kier molecular flexibility index (Phi) is 3.76. The van der Waals surface area contributed by atoms with Crippen molar-refractivity contribution in [2.45, 2.75) is 0 Å². The highest BCUT2D eigenvalue weighted by molar-refractivity contribution is 5.87. The van der Waals surface area contributed by atoms with Crippen molar-refractivity contribution >= 4 is 10.8 Å². The maximum atomic E-state index is 5.81. The van der Waals surface area contributed by atoms with Gasteiger partial charge in [0.25, 0.3) is 0 Å². The summed E-state index contributed by atoms with van der Waals surface area (Å²) in [5.41, 5.74) is 4.03. The molecule has 3 nitrogen and oxygen atoms in total. The fourth-order valence-electron chi connectivity index (χ4n) is 3.15. The van der Waals surface area contributed by atoms with E-state index in [-0.39, 0.29) is 0 Å². The number of rotatable bonds is 3. The minimum Gasteiger partial charge on any atom is -0.416 e. The van der Waals surface area contributed by atoms with Gasteiger partial charge < -0.3 is 4.42 Å². The van der Waals surface area contributed by atoms with Gasteiger partial charge in [0.05, 0.1) is 0 Å². The molecule has 0 bridgehead atoms. The van der Waals surface area contributed by atoms with E-state index in [1.807, 2.05) is 36.4 Å². The lowest BCUT2D eigenvalue weighted by Gasteiger charge is -2.05. The van der Waals surface area contributed by atoms with Crippen LogP contribution < -0.4 is 0 Å². The van der Waals surface area contributed by atoms with Gasteiger partial charge >= 0.3 is 0 Å². The summed E-state index contributed by atoms with van der Waals surface area (Å²) in [5.74, 6) is 0.983. The lowest BCUT2D eigenvalue weighted by Crippen LogP contribution is -1.81. The largest absolute Gasteiger partial charge is 0.416 e. The maximum absolute atomic E-state index is 5.81. The van der Waals surface area contributed by atoms with Crippen molar-refractivity contribution in [3.8, 4) is 34.0 Å². The third-order valence-electron chi connectivity index (χ3n) is 4.58. The van der Waals surface area contributed by atoms with Gasteiger partial charge in [0, 0.05) is 11.1 Å². The first-order valence-corrected chi connectivity index (χ1v) is 8.77. The molecule has 0 fully saturated rings. The van der Waals surface area contributed by atoms with E-state index in [1.165, 1.54) is 16.3 Å². The summed E-state index contributed by atoms with van der Waals surface area (Å²) in [4.78, 5) is 0. The van der Waals surface area contributed by atoms with Crippen LogP contribution >= 0.6 is 0 Å². The average molecular weight is 347 g/mol. The molecule has 27 heavy (non-hydrogen) atoms. The Morgan fingerprint density at radius 1 is 0.593 bits per heavy atom. The lowest BCUT2D eigenvalue weighted by atomic mass is 10.0. The van der Waals surface area contributed by atoms with Gasteiger partial charge in [0.1, 0.15) is 0 Å². The fourth-order valence-corrected chi connectivity index (χ4v) is 3.15. The predicted octanol–water partition coefficient (Wildman–Crippen LogP) is 6.02. The van der Waals surface area contributed by atoms with E-state index in [9.17, 15) is 0 Å². The Hall–Kier alpha value is -3.72. The molecule has 0 amide bonds. The summed E-state index contributed by atoms with van der Waals surface area (Å²) in [5, 5.41) is 10.8. The van der Waals surface area contributed by atoms with Crippen LogP contribution in [0.4, 0.5) is 0 Å². The van der Waals surface area contributed by atoms with Gasteiger partial charge in [-0.3, -0.25) is 0 Å². The minimum atomic E-state index is 0.476. The minimum absolute atomic E-state index is 0.476. The molecule has 127 valence electrons. The molecule has 5 aromatic rings. The Balaban J connectivity index is 1.45. The zero-order valence-corrected chi connectivity index (χ0v) is 14.5. The molecule has 4 aromatic carbocycles. The summed E-state index contributed by atoms with van der Waals surface area (Å²) in [7, 11) is 0. The van der Waals surface area contributed by atoms with E-state index >= 15 is 0 Å². The highest BCUT2D eigenvalue weighted by atomic mass is 16.4. The molecule has 0 saturated heterocycles. The molecule has 1 aromatic heterocycles. The van der Waals surface area contributed by atoms with Gasteiger partial charge in [-0.1, -0.05) is 66.7 Å². The third kappa shape index (κ3) is 3.00. The van der Waals surface area contributed by atoms with Crippen LogP contribution in [-0.2, 0) is 0 Å². The topological polar surface area (TPSA) is 38.9 Å². The van der Waals surface area contributed by atoms with Crippen LogP contribution in [-0.4, -0.2) is 10.2 Å². The molecule has 0 N–H and O–H groups in total. The van der Waals surface area contributed by atoms with E-state index < -0.39 is 0 Å². The summed E-state index contributed by atoms with van der Waals surface area (Å²) in [6, 6.07) is 33.7. The normalized spacial score (nSPS) is 11.0. The van der Waals surface area contributed by atoms with E-state index in [0.29, 0.717) is 11.8 Å². The standard InChI is InChI=1S/C24H15N2O/c1-2-7-19(8-3-1)23-25-26-24(27-23)20-13-10-18(11-14-20)22-15-12-17-6-4-5-9-21(17)16-22/h1-7,9-16H. The number of benzene rings is 4. The molecule has 0 spiro atoms. The molecule has 0 atom stereocenters.